The molecule has 0 fully saturated rings. The van der Waals surface area contributed by atoms with E-state index in [2.05, 4.69) is 11.4 Å². The summed E-state index contributed by atoms with van der Waals surface area (Å²) in [6.07, 6.45) is 3.11. The second-order valence-corrected chi connectivity index (χ2v) is 4.82. The molecule has 0 aliphatic heterocycles. The predicted octanol–water partition coefficient (Wildman–Crippen LogP) is 1.87. The fraction of sp³-hybridized carbons (Fsp3) is 0.533. The Hall–Kier alpha value is -1.55. The van der Waals surface area contributed by atoms with Gasteiger partial charge in [0.1, 0.15) is 5.75 Å². The first-order valence-electron chi connectivity index (χ1n) is 6.77. The Labute approximate surface area is 115 Å². The van der Waals surface area contributed by atoms with Crippen molar-refractivity contribution >= 4 is 5.91 Å². The molecule has 4 nitrogen and oxygen atoms in total. The van der Waals surface area contributed by atoms with Crippen molar-refractivity contribution in [2.75, 3.05) is 13.7 Å². The number of carbonyl (C=O) groups is 1. The molecule has 19 heavy (non-hydrogen) atoms. The normalized spacial score (nSPS) is 11.9. The van der Waals surface area contributed by atoms with Crippen molar-refractivity contribution in [1.29, 1.82) is 0 Å². The fourth-order valence-corrected chi connectivity index (χ4v) is 1.80. The van der Waals surface area contributed by atoms with Crippen molar-refractivity contribution in [3.05, 3.63) is 29.8 Å². The van der Waals surface area contributed by atoms with E-state index in [1.165, 1.54) is 5.56 Å². The number of ether oxygens (including phenoxy) is 1. The van der Waals surface area contributed by atoms with Gasteiger partial charge in [-0.25, -0.2) is 0 Å². The zero-order chi connectivity index (χ0) is 14.1. The van der Waals surface area contributed by atoms with Gasteiger partial charge in [-0.3, -0.25) is 4.79 Å². The zero-order valence-electron chi connectivity index (χ0n) is 11.8. The third kappa shape index (κ3) is 6.82. The lowest BCUT2D eigenvalue weighted by Crippen LogP contribution is -2.26. The molecule has 0 aromatic heterocycles. The number of rotatable bonds is 8. The summed E-state index contributed by atoms with van der Waals surface area (Å²) in [5.74, 6) is 0.960. The molecule has 0 saturated carbocycles. The van der Waals surface area contributed by atoms with E-state index in [1.54, 1.807) is 7.11 Å². The molecule has 1 rings (SSSR count). The third-order valence-electron chi connectivity index (χ3n) is 2.93. The highest BCUT2D eigenvalue weighted by Crippen LogP contribution is 2.13. The van der Waals surface area contributed by atoms with Crippen LogP contribution in [0.25, 0.3) is 0 Å². The number of benzene rings is 1. The highest BCUT2D eigenvalue weighted by molar-refractivity contribution is 5.75. The van der Waals surface area contributed by atoms with Gasteiger partial charge in [0.15, 0.2) is 0 Å². The number of nitrogens with one attached hydrogen (secondary N) is 1. The van der Waals surface area contributed by atoms with Crippen LogP contribution in [0, 0.1) is 0 Å². The summed E-state index contributed by atoms with van der Waals surface area (Å²) in [7, 11) is 1.66. The number of amides is 1. The summed E-state index contributed by atoms with van der Waals surface area (Å²) in [5.41, 5.74) is 6.83. The summed E-state index contributed by atoms with van der Waals surface area (Å²) < 4.78 is 5.17. The van der Waals surface area contributed by atoms with Gasteiger partial charge < -0.3 is 15.8 Å². The minimum atomic E-state index is 0.0857. The van der Waals surface area contributed by atoms with Crippen molar-refractivity contribution in [3.63, 3.8) is 0 Å². The number of nitrogens with two attached hydrogens (primary N) is 1. The van der Waals surface area contributed by atoms with Crippen molar-refractivity contribution in [1.82, 2.24) is 5.32 Å². The van der Waals surface area contributed by atoms with Crippen molar-refractivity contribution in [2.24, 2.45) is 5.73 Å². The van der Waals surface area contributed by atoms with Gasteiger partial charge in [0.05, 0.1) is 7.11 Å². The topological polar surface area (TPSA) is 64.3 Å². The lowest BCUT2D eigenvalue weighted by atomic mass is 10.1. The van der Waals surface area contributed by atoms with Crippen LogP contribution in [0.5, 0.6) is 5.75 Å². The highest BCUT2D eigenvalue weighted by Gasteiger charge is 2.03. The van der Waals surface area contributed by atoms with Crippen molar-refractivity contribution in [2.45, 2.75) is 38.6 Å². The van der Waals surface area contributed by atoms with Crippen LogP contribution in [-0.4, -0.2) is 25.6 Å². The Morgan fingerprint density at radius 1 is 1.47 bits per heavy atom. The first-order valence-corrected chi connectivity index (χ1v) is 6.77. The van der Waals surface area contributed by atoms with Crippen LogP contribution >= 0.6 is 0 Å². The number of aryl methyl sites for hydroxylation is 1. The van der Waals surface area contributed by atoms with E-state index < -0.39 is 0 Å². The molecule has 0 aliphatic carbocycles. The number of hydrogen-bond donors (Lipinski definition) is 2. The molecule has 0 spiro atoms. The standard InChI is InChI=1S/C15H24N2O2/c1-12(16)8-9-15(18)17-10-4-6-13-5-3-7-14(11-13)19-2/h3,5,7,11-12H,4,6,8-10,16H2,1-2H3,(H,17,18). The lowest BCUT2D eigenvalue weighted by molar-refractivity contribution is -0.121. The number of methoxy groups -OCH3 is 1. The summed E-state index contributed by atoms with van der Waals surface area (Å²) in [5, 5.41) is 2.91. The van der Waals surface area contributed by atoms with E-state index in [1.807, 2.05) is 25.1 Å². The van der Waals surface area contributed by atoms with Gasteiger partial charge in [0.25, 0.3) is 0 Å². The summed E-state index contributed by atoms with van der Waals surface area (Å²) in [4.78, 5) is 11.5. The zero-order valence-corrected chi connectivity index (χ0v) is 11.8. The molecule has 0 saturated heterocycles. The maximum Gasteiger partial charge on any atom is 0.220 e. The maximum atomic E-state index is 11.5. The molecular weight excluding hydrogens is 240 g/mol. The van der Waals surface area contributed by atoms with Gasteiger partial charge >= 0.3 is 0 Å². The average Bonchev–Trinajstić information content (AvgIpc) is 2.41. The molecule has 1 atom stereocenters. The molecule has 0 radical (unpaired) electrons. The molecule has 0 bridgehead atoms. The largest absolute Gasteiger partial charge is 0.497 e. The lowest BCUT2D eigenvalue weighted by Gasteiger charge is -2.07. The van der Waals surface area contributed by atoms with Gasteiger partial charge in [-0.1, -0.05) is 12.1 Å². The van der Waals surface area contributed by atoms with Crippen molar-refractivity contribution < 1.29 is 9.53 Å². The summed E-state index contributed by atoms with van der Waals surface area (Å²) >= 11 is 0. The monoisotopic (exact) mass is 264 g/mol. The molecule has 0 heterocycles. The predicted molar refractivity (Wildman–Crippen MR) is 77.2 cm³/mol. The summed E-state index contributed by atoms with van der Waals surface area (Å²) in [6, 6.07) is 8.09. The van der Waals surface area contributed by atoms with Gasteiger partial charge in [-0.05, 0) is 43.9 Å². The number of hydrogen-bond acceptors (Lipinski definition) is 3. The van der Waals surface area contributed by atoms with Gasteiger partial charge in [-0.2, -0.15) is 0 Å². The maximum absolute atomic E-state index is 11.5. The molecule has 4 heteroatoms. The average molecular weight is 264 g/mol. The van der Waals surface area contributed by atoms with E-state index in [4.69, 9.17) is 10.5 Å². The molecule has 1 unspecified atom stereocenters. The first-order chi connectivity index (χ1) is 9.11. The van der Waals surface area contributed by atoms with Gasteiger partial charge in [0.2, 0.25) is 5.91 Å². The van der Waals surface area contributed by atoms with E-state index in [0.717, 1.165) is 25.0 Å². The Bertz CT molecular complexity index is 391. The van der Waals surface area contributed by atoms with Gasteiger partial charge in [-0.15, -0.1) is 0 Å². The van der Waals surface area contributed by atoms with Crippen LogP contribution in [0.2, 0.25) is 0 Å². The molecule has 106 valence electrons. The quantitative estimate of drug-likeness (QED) is 0.705. The van der Waals surface area contributed by atoms with E-state index >= 15 is 0 Å². The van der Waals surface area contributed by atoms with Crippen LogP contribution in [0.15, 0.2) is 24.3 Å². The Morgan fingerprint density at radius 2 is 2.26 bits per heavy atom. The van der Waals surface area contributed by atoms with E-state index in [-0.39, 0.29) is 11.9 Å². The molecule has 0 aliphatic rings. The smallest absolute Gasteiger partial charge is 0.220 e. The minimum Gasteiger partial charge on any atom is -0.497 e. The molecule has 1 aromatic carbocycles. The van der Waals surface area contributed by atoms with E-state index in [0.29, 0.717) is 13.0 Å². The first kappa shape index (κ1) is 15.5. The Kier molecular flexibility index (Phi) is 6.97. The molecule has 1 aromatic rings. The van der Waals surface area contributed by atoms with E-state index in [9.17, 15) is 4.79 Å². The second-order valence-electron chi connectivity index (χ2n) is 4.82. The van der Waals surface area contributed by atoms with Crippen LogP contribution in [-0.2, 0) is 11.2 Å². The Morgan fingerprint density at radius 3 is 2.95 bits per heavy atom. The fourth-order valence-electron chi connectivity index (χ4n) is 1.80. The molecular formula is C15H24N2O2. The van der Waals surface area contributed by atoms with Crippen LogP contribution in [0.3, 0.4) is 0 Å². The SMILES string of the molecule is COc1cccc(CCCNC(=O)CCC(C)N)c1. The minimum absolute atomic E-state index is 0.0857. The molecule has 3 N–H and O–H groups in total. The highest BCUT2D eigenvalue weighted by atomic mass is 16.5. The van der Waals surface area contributed by atoms with Crippen LogP contribution < -0.4 is 15.8 Å². The number of carbonyl (C=O) groups excluding carboxylic acids is 1. The van der Waals surface area contributed by atoms with Gasteiger partial charge in [0, 0.05) is 19.0 Å². The molecule has 1 amide bonds. The van der Waals surface area contributed by atoms with Crippen molar-refractivity contribution in [3.8, 4) is 5.75 Å². The Balaban J connectivity index is 2.18. The summed E-state index contributed by atoms with van der Waals surface area (Å²) in [6.45, 7) is 2.62. The second kappa shape index (κ2) is 8.53. The van der Waals surface area contributed by atoms with Crippen LogP contribution in [0.1, 0.15) is 31.7 Å². The third-order valence-corrected chi connectivity index (χ3v) is 2.93. The van der Waals surface area contributed by atoms with Crippen LogP contribution in [0.4, 0.5) is 0 Å².